The van der Waals surface area contributed by atoms with Crippen molar-refractivity contribution in [2.24, 2.45) is 5.92 Å². The molecule has 1 amide bonds. The second-order valence-electron chi connectivity index (χ2n) is 4.21. The standard InChI is InChI=1S/C9H15NO4/c1-9(2,5-11)10-4-6(8(13)14)3-7(10)12/h6,11H,3-5H2,1-2H3,(H,13,14). The largest absolute Gasteiger partial charge is 0.481 e. The Morgan fingerprint density at radius 1 is 1.64 bits per heavy atom. The van der Waals surface area contributed by atoms with Crippen molar-refractivity contribution in [2.75, 3.05) is 13.2 Å². The maximum atomic E-state index is 11.4. The molecule has 0 spiro atoms. The fraction of sp³-hybridized carbons (Fsp3) is 0.778. The third kappa shape index (κ3) is 1.87. The molecule has 1 heterocycles. The minimum atomic E-state index is -0.949. The first kappa shape index (κ1) is 11.0. The number of carboxylic acids is 1. The topological polar surface area (TPSA) is 77.8 Å². The van der Waals surface area contributed by atoms with E-state index in [9.17, 15) is 9.59 Å². The van der Waals surface area contributed by atoms with E-state index in [1.807, 2.05) is 0 Å². The van der Waals surface area contributed by atoms with Crippen LogP contribution >= 0.6 is 0 Å². The van der Waals surface area contributed by atoms with E-state index in [0.717, 1.165) is 0 Å². The maximum absolute atomic E-state index is 11.4. The first-order valence-electron chi connectivity index (χ1n) is 4.52. The SMILES string of the molecule is CC(C)(CO)N1CC(C(=O)O)CC1=O. The molecule has 5 nitrogen and oxygen atoms in total. The molecule has 1 aliphatic rings. The normalized spacial score (nSPS) is 22.9. The van der Waals surface area contributed by atoms with Crippen molar-refractivity contribution in [1.29, 1.82) is 0 Å². The van der Waals surface area contributed by atoms with Crippen LogP contribution in [0.3, 0.4) is 0 Å². The van der Waals surface area contributed by atoms with E-state index in [0.29, 0.717) is 0 Å². The monoisotopic (exact) mass is 201 g/mol. The first-order valence-corrected chi connectivity index (χ1v) is 4.52. The second kappa shape index (κ2) is 3.57. The van der Waals surface area contributed by atoms with Gasteiger partial charge in [0.15, 0.2) is 0 Å². The zero-order valence-corrected chi connectivity index (χ0v) is 8.36. The molecule has 14 heavy (non-hydrogen) atoms. The van der Waals surface area contributed by atoms with Gasteiger partial charge in [-0.1, -0.05) is 0 Å². The highest BCUT2D eigenvalue weighted by Gasteiger charge is 2.41. The molecular formula is C9H15NO4. The minimum Gasteiger partial charge on any atom is -0.481 e. The van der Waals surface area contributed by atoms with Gasteiger partial charge in [0, 0.05) is 13.0 Å². The number of nitrogens with zero attached hydrogens (tertiary/aromatic N) is 1. The number of rotatable bonds is 3. The lowest BCUT2D eigenvalue weighted by Crippen LogP contribution is -2.47. The zero-order chi connectivity index (χ0) is 10.9. The van der Waals surface area contributed by atoms with Gasteiger partial charge in [-0.2, -0.15) is 0 Å². The highest BCUT2D eigenvalue weighted by atomic mass is 16.4. The number of carbonyl (C=O) groups is 2. The Bertz CT molecular complexity index is 262. The van der Waals surface area contributed by atoms with E-state index < -0.39 is 17.4 Å². The maximum Gasteiger partial charge on any atom is 0.308 e. The molecule has 0 aromatic rings. The second-order valence-corrected chi connectivity index (χ2v) is 4.21. The van der Waals surface area contributed by atoms with Crippen molar-refractivity contribution in [2.45, 2.75) is 25.8 Å². The molecule has 1 fully saturated rings. The van der Waals surface area contributed by atoms with Gasteiger partial charge >= 0.3 is 5.97 Å². The smallest absolute Gasteiger partial charge is 0.308 e. The number of carbonyl (C=O) groups excluding carboxylic acids is 1. The van der Waals surface area contributed by atoms with Crippen LogP contribution in [0.1, 0.15) is 20.3 Å². The third-order valence-electron chi connectivity index (χ3n) is 2.59. The summed E-state index contributed by atoms with van der Waals surface area (Å²) in [6.07, 6.45) is 0.0404. The average Bonchev–Trinajstić information content (AvgIpc) is 2.48. The average molecular weight is 201 g/mol. The van der Waals surface area contributed by atoms with Gasteiger partial charge in [-0.25, -0.2) is 0 Å². The number of carboxylic acid groups (broad SMARTS) is 1. The summed E-state index contributed by atoms with van der Waals surface area (Å²) in [7, 11) is 0. The van der Waals surface area contributed by atoms with E-state index in [4.69, 9.17) is 10.2 Å². The molecule has 0 radical (unpaired) electrons. The summed E-state index contributed by atoms with van der Waals surface area (Å²) in [5, 5.41) is 17.8. The Balaban J connectivity index is 2.75. The highest BCUT2D eigenvalue weighted by molar-refractivity contribution is 5.86. The lowest BCUT2D eigenvalue weighted by molar-refractivity contribution is -0.141. The molecule has 1 saturated heterocycles. The first-order chi connectivity index (χ1) is 6.38. The number of aliphatic carboxylic acids is 1. The van der Waals surface area contributed by atoms with Crippen molar-refractivity contribution in [3.8, 4) is 0 Å². The molecule has 5 heteroatoms. The Labute approximate surface area is 82.3 Å². The molecule has 0 aliphatic carbocycles. The Kier molecular flexibility index (Phi) is 2.80. The summed E-state index contributed by atoms with van der Waals surface area (Å²) < 4.78 is 0. The van der Waals surface area contributed by atoms with Gasteiger partial charge < -0.3 is 15.1 Å². The molecule has 1 rings (SSSR count). The molecule has 0 aromatic carbocycles. The molecule has 0 bridgehead atoms. The summed E-state index contributed by atoms with van der Waals surface area (Å²) in [6, 6.07) is 0. The Hall–Kier alpha value is -1.10. The van der Waals surface area contributed by atoms with Crippen LogP contribution in [0.4, 0.5) is 0 Å². The number of hydrogen-bond acceptors (Lipinski definition) is 3. The summed E-state index contributed by atoms with van der Waals surface area (Å²) in [5.41, 5.74) is -0.665. The van der Waals surface area contributed by atoms with Gasteiger partial charge in [-0.05, 0) is 13.8 Å². The molecular weight excluding hydrogens is 186 g/mol. The van der Waals surface area contributed by atoms with Gasteiger partial charge in [-0.15, -0.1) is 0 Å². The van der Waals surface area contributed by atoms with E-state index in [1.165, 1.54) is 4.90 Å². The third-order valence-corrected chi connectivity index (χ3v) is 2.59. The molecule has 0 aromatic heterocycles. The van der Waals surface area contributed by atoms with Crippen molar-refractivity contribution in [1.82, 2.24) is 4.90 Å². The molecule has 1 atom stereocenters. The van der Waals surface area contributed by atoms with Crippen LogP contribution in [0.25, 0.3) is 0 Å². The number of amides is 1. The fourth-order valence-electron chi connectivity index (χ4n) is 1.54. The van der Waals surface area contributed by atoms with Gasteiger partial charge in [0.05, 0.1) is 18.1 Å². The molecule has 80 valence electrons. The number of likely N-dealkylation sites (tertiary alicyclic amines) is 1. The van der Waals surface area contributed by atoms with Crippen molar-refractivity contribution >= 4 is 11.9 Å². The molecule has 1 aliphatic heterocycles. The Morgan fingerprint density at radius 2 is 2.21 bits per heavy atom. The molecule has 1 unspecified atom stereocenters. The summed E-state index contributed by atoms with van der Waals surface area (Å²) in [4.78, 5) is 23.5. The van der Waals surface area contributed by atoms with Crippen LogP contribution in [-0.2, 0) is 9.59 Å². The van der Waals surface area contributed by atoms with Gasteiger partial charge in [0.1, 0.15) is 0 Å². The summed E-state index contributed by atoms with van der Waals surface area (Å²) in [6.45, 7) is 3.47. The number of aliphatic hydroxyl groups excluding tert-OH is 1. The van der Waals surface area contributed by atoms with Crippen molar-refractivity contribution < 1.29 is 19.8 Å². The van der Waals surface area contributed by atoms with E-state index >= 15 is 0 Å². The predicted molar refractivity (Wildman–Crippen MR) is 48.6 cm³/mol. The number of aliphatic hydroxyl groups is 1. The fourth-order valence-corrected chi connectivity index (χ4v) is 1.54. The van der Waals surface area contributed by atoms with E-state index in [-0.39, 0.29) is 25.5 Å². The van der Waals surface area contributed by atoms with Crippen molar-refractivity contribution in [3.05, 3.63) is 0 Å². The van der Waals surface area contributed by atoms with Gasteiger partial charge in [0.2, 0.25) is 5.91 Å². The highest BCUT2D eigenvalue weighted by Crippen LogP contribution is 2.25. The van der Waals surface area contributed by atoms with E-state index in [2.05, 4.69) is 0 Å². The zero-order valence-electron chi connectivity index (χ0n) is 8.36. The lowest BCUT2D eigenvalue weighted by atomic mass is 10.1. The minimum absolute atomic E-state index is 0.0404. The predicted octanol–water partition coefficient (Wildman–Crippen LogP) is -0.310. The van der Waals surface area contributed by atoms with Crippen LogP contribution in [-0.4, -0.2) is 45.7 Å². The summed E-state index contributed by atoms with van der Waals surface area (Å²) >= 11 is 0. The van der Waals surface area contributed by atoms with Crippen LogP contribution in [0.15, 0.2) is 0 Å². The number of hydrogen-bond donors (Lipinski definition) is 2. The molecule has 2 N–H and O–H groups in total. The van der Waals surface area contributed by atoms with Gasteiger partial charge in [-0.3, -0.25) is 9.59 Å². The molecule has 0 saturated carbocycles. The lowest BCUT2D eigenvalue weighted by Gasteiger charge is -2.33. The van der Waals surface area contributed by atoms with Crippen LogP contribution < -0.4 is 0 Å². The summed E-state index contributed by atoms with van der Waals surface area (Å²) in [5.74, 6) is -1.78. The van der Waals surface area contributed by atoms with Crippen LogP contribution in [0.5, 0.6) is 0 Å². The van der Waals surface area contributed by atoms with Crippen LogP contribution in [0, 0.1) is 5.92 Å². The van der Waals surface area contributed by atoms with Gasteiger partial charge in [0.25, 0.3) is 0 Å². The van der Waals surface area contributed by atoms with Crippen LogP contribution in [0.2, 0.25) is 0 Å². The van der Waals surface area contributed by atoms with E-state index in [1.54, 1.807) is 13.8 Å². The Morgan fingerprint density at radius 3 is 2.57 bits per heavy atom. The quantitative estimate of drug-likeness (QED) is 0.656. The van der Waals surface area contributed by atoms with Crippen molar-refractivity contribution in [3.63, 3.8) is 0 Å².